The topological polar surface area (TPSA) is 43.4 Å². The van der Waals surface area contributed by atoms with Gasteiger partial charge in [-0.3, -0.25) is 4.18 Å². The summed E-state index contributed by atoms with van der Waals surface area (Å²) < 4.78 is 25.6. The van der Waals surface area contributed by atoms with E-state index in [0.29, 0.717) is 0 Å². The molecule has 0 fully saturated rings. The van der Waals surface area contributed by atoms with Gasteiger partial charge < -0.3 is 0 Å². The van der Waals surface area contributed by atoms with Crippen LogP contribution in [-0.4, -0.2) is 20.8 Å². The Bertz CT molecular complexity index is 171. The van der Waals surface area contributed by atoms with Crippen molar-refractivity contribution >= 4 is 10.1 Å². The maximum Gasteiger partial charge on any atom is 0.264 e. The van der Waals surface area contributed by atoms with Crippen molar-refractivity contribution < 1.29 is 12.6 Å². The molecule has 0 aliphatic heterocycles. The lowest BCUT2D eigenvalue weighted by atomic mass is 10.2. The van der Waals surface area contributed by atoms with Crippen molar-refractivity contribution in [1.29, 1.82) is 0 Å². The van der Waals surface area contributed by atoms with Gasteiger partial charge in [0.15, 0.2) is 0 Å². The molecule has 0 bridgehead atoms. The average Bonchev–Trinajstić information content (AvgIpc) is 1.59. The van der Waals surface area contributed by atoms with Crippen LogP contribution in [0.15, 0.2) is 0 Å². The molecular weight excluding hydrogens is 152 g/mol. The predicted molar refractivity (Wildman–Crippen MR) is 40.3 cm³/mol. The van der Waals surface area contributed by atoms with Crippen molar-refractivity contribution in [1.82, 2.24) is 0 Å². The minimum atomic E-state index is -3.25. The summed E-state index contributed by atoms with van der Waals surface area (Å²) in [5.41, 5.74) is 0. The molecule has 62 valence electrons. The molecule has 0 aromatic heterocycles. The van der Waals surface area contributed by atoms with E-state index in [2.05, 4.69) is 4.18 Å². The zero-order valence-corrected chi connectivity index (χ0v) is 7.44. The van der Waals surface area contributed by atoms with Crippen molar-refractivity contribution in [3.63, 3.8) is 0 Å². The molecule has 0 aliphatic rings. The molecule has 0 saturated heterocycles. The van der Waals surface area contributed by atoms with Gasteiger partial charge in [0, 0.05) is 0 Å². The van der Waals surface area contributed by atoms with Crippen LogP contribution in [0.25, 0.3) is 0 Å². The van der Waals surface area contributed by atoms with Gasteiger partial charge in [0.25, 0.3) is 10.1 Å². The Hall–Kier alpha value is -0.0900. The summed E-state index contributed by atoms with van der Waals surface area (Å²) in [5.74, 6) is 0. The third-order valence-electron chi connectivity index (χ3n) is 1.03. The first kappa shape index (κ1) is 9.91. The van der Waals surface area contributed by atoms with Gasteiger partial charge in [-0.1, -0.05) is 13.3 Å². The Balaban J connectivity index is 3.69. The van der Waals surface area contributed by atoms with Crippen LogP contribution in [0.4, 0.5) is 0 Å². The molecule has 0 aliphatic carbocycles. The average molecular weight is 166 g/mol. The predicted octanol–water partition coefficient (Wildman–Crippen LogP) is 1.15. The fourth-order valence-corrected chi connectivity index (χ4v) is 1.45. The summed E-state index contributed by atoms with van der Waals surface area (Å²) in [6.45, 7) is 3.74. The molecule has 0 N–H and O–H groups in total. The van der Waals surface area contributed by atoms with Gasteiger partial charge in [-0.05, 0) is 13.3 Å². The lowest BCUT2D eigenvalue weighted by Gasteiger charge is -2.07. The zero-order valence-electron chi connectivity index (χ0n) is 6.62. The van der Waals surface area contributed by atoms with Gasteiger partial charge >= 0.3 is 0 Å². The van der Waals surface area contributed by atoms with Crippen LogP contribution < -0.4 is 0 Å². The molecule has 0 saturated carbocycles. The molecule has 0 heterocycles. The molecule has 0 rings (SSSR count). The van der Waals surface area contributed by atoms with Gasteiger partial charge in [0.05, 0.1) is 12.4 Å². The molecule has 0 radical (unpaired) electrons. The van der Waals surface area contributed by atoms with Crippen molar-refractivity contribution in [3.8, 4) is 0 Å². The van der Waals surface area contributed by atoms with E-state index in [1.807, 2.05) is 6.92 Å². The lowest BCUT2D eigenvalue weighted by molar-refractivity contribution is 0.219. The maximum atomic E-state index is 10.5. The Morgan fingerprint density at radius 2 is 2.00 bits per heavy atom. The summed E-state index contributed by atoms with van der Waals surface area (Å²) in [6, 6.07) is 0. The minimum absolute atomic E-state index is 0.181. The SMILES string of the molecule is CCC[C@H](C)OS(C)(=O)=O. The monoisotopic (exact) mass is 166 g/mol. The highest BCUT2D eigenvalue weighted by molar-refractivity contribution is 7.86. The molecule has 0 aromatic rings. The van der Waals surface area contributed by atoms with Gasteiger partial charge in [-0.15, -0.1) is 0 Å². The van der Waals surface area contributed by atoms with Crippen molar-refractivity contribution in [3.05, 3.63) is 0 Å². The molecule has 1 atom stereocenters. The van der Waals surface area contributed by atoms with Crippen LogP contribution in [-0.2, 0) is 14.3 Å². The van der Waals surface area contributed by atoms with Crippen LogP contribution in [0.2, 0.25) is 0 Å². The fraction of sp³-hybridized carbons (Fsp3) is 1.00. The molecule has 0 amide bonds. The molecule has 3 nitrogen and oxygen atoms in total. The number of hydrogen-bond acceptors (Lipinski definition) is 3. The summed E-state index contributed by atoms with van der Waals surface area (Å²) in [7, 11) is -3.25. The highest BCUT2D eigenvalue weighted by atomic mass is 32.2. The second-order valence-electron chi connectivity index (χ2n) is 2.40. The summed E-state index contributed by atoms with van der Waals surface area (Å²) in [6.07, 6.45) is 2.61. The zero-order chi connectivity index (χ0) is 8.20. The van der Waals surface area contributed by atoms with Gasteiger partial charge in [0.1, 0.15) is 0 Å². The van der Waals surface area contributed by atoms with Crippen LogP contribution in [0.5, 0.6) is 0 Å². The van der Waals surface area contributed by atoms with Crippen LogP contribution in [0, 0.1) is 0 Å². The van der Waals surface area contributed by atoms with E-state index in [0.717, 1.165) is 19.1 Å². The van der Waals surface area contributed by atoms with Crippen molar-refractivity contribution in [2.75, 3.05) is 6.26 Å². The molecule has 0 spiro atoms. The normalized spacial score (nSPS) is 15.1. The van der Waals surface area contributed by atoms with E-state index in [9.17, 15) is 8.42 Å². The minimum Gasteiger partial charge on any atom is -0.267 e. The van der Waals surface area contributed by atoms with E-state index in [-0.39, 0.29) is 6.10 Å². The van der Waals surface area contributed by atoms with Gasteiger partial charge in [0.2, 0.25) is 0 Å². The number of rotatable bonds is 4. The Morgan fingerprint density at radius 3 is 2.30 bits per heavy atom. The lowest BCUT2D eigenvalue weighted by Crippen LogP contribution is -2.13. The highest BCUT2D eigenvalue weighted by Crippen LogP contribution is 2.03. The summed E-state index contributed by atoms with van der Waals surface area (Å²) >= 11 is 0. The van der Waals surface area contributed by atoms with Crippen molar-refractivity contribution in [2.24, 2.45) is 0 Å². The smallest absolute Gasteiger partial charge is 0.264 e. The molecule has 0 unspecified atom stereocenters. The Morgan fingerprint density at radius 1 is 1.50 bits per heavy atom. The third kappa shape index (κ3) is 6.04. The van der Waals surface area contributed by atoms with Crippen LogP contribution in [0.1, 0.15) is 26.7 Å². The molecule has 0 aromatic carbocycles. The standard InChI is InChI=1S/C6H14O3S/c1-4-5-6(2)9-10(3,7)8/h6H,4-5H2,1-3H3/t6-/m0/s1. The fourth-order valence-electron chi connectivity index (χ4n) is 0.753. The maximum absolute atomic E-state index is 10.5. The summed E-state index contributed by atoms with van der Waals surface area (Å²) in [4.78, 5) is 0. The first-order valence-electron chi connectivity index (χ1n) is 3.34. The van der Waals surface area contributed by atoms with Gasteiger partial charge in [-0.2, -0.15) is 8.42 Å². The van der Waals surface area contributed by atoms with Crippen LogP contribution in [0.3, 0.4) is 0 Å². The second-order valence-corrected chi connectivity index (χ2v) is 4.00. The first-order valence-corrected chi connectivity index (χ1v) is 5.15. The largest absolute Gasteiger partial charge is 0.267 e. The van der Waals surface area contributed by atoms with Crippen LogP contribution >= 0.6 is 0 Å². The Kier molecular flexibility index (Phi) is 3.89. The first-order chi connectivity index (χ1) is 4.45. The number of hydrogen-bond donors (Lipinski definition) is 0. The van der Waals surface area contributed by atoms with E-state index in [1.54, 1.807) is 6.92 Å². The molecule has 10 heavy (non-hydrogen) atoms. The molecule has 4 heteroatoms. The van der Waals surface area contributed by atoms with E-state index >= 15 is 0 Å². The quantitative estimate of drug-likeness (QED) is 0.588. The van der Waals surface area contributed by atoms with Gasteiger partial charge in [-0.25, -0.2) is 0 Å². The van der Waals surface area contributed by atoms with E-state index < -0.39 is 10.1 Å². The van der Waals surface area contributed by atoms with E-state index in [1.165, 1.54) is 0 Å². The van der Waals surface area contributed by atoms with Crippen molar-refractivity contribution in [2.45, 2.75) is 32.8 Å². The third-order valence-corrected chi connectivity index (χ3v) is 1.71. The highest BCUT2D eigenvalue weighted by Gasteiger charge is 2.07. The second kappa shape index (κ2) is 3.93. The molecular formula is C6H14O3S. The Labute approximate surface area is 62.5 Å². The summed E-state index contributed by atoms with van der Waals surface area (Å²) in [5, 5.41) is 0. The van der Waals surface area contributed by atoms with E-state index in [4.69, 9.17) is 0 Å².